The quantitative estimate of drug-likeness (QED) is 0.529. The third-order valence-electron chi connectivity index (χ3n) is 4.58. The fourth-order valence-electron chi connectivity index (χ4n) is 3.09. The lowest BCUT2D eigenvalue weighted by molar-refractivity contribution is -0.143. The first-order valence-electron chi connectivity index (χ1n) is 9.55. The molecule has 8 heteroatoms. The van der Waals surface area contributed by atoms with Crippen molar-refractivity contribution < 1.29 is 19.8 Å². The molecule has 0 unspecified atom stereocenters. The molecule has 1 aliphatic rings. The van der Waals surface area contributed by atoms with Crippen LogP contribution in [0.5, 0.6) is 0 Å². The molecule has 0 radical (unpaired) electrons. The molecule has 0 saturated heterocycles. The number of rotatable bonds is 6. The maximum atomic E-state index is 9.64. The maximum Gasteiger partial charge on any atom is 0.303 e. The molecule has 1 aromatic heterocycles. The first-order valence-corrected chi connectivity index (χ1v) is 10.7. The van der Waals surface area contributed by atoms with Crippen LogP contribution in [-0.4, -0.2) is 35.2 Å². The number of halogens is 1. The summed E-state index contributed by atoms with van der Waals surface area (Å²) in [4.78, 5) is 22.0. The third-order valence-corrected chi connectivity index (χ3v) is 6.08. The molecular weight excluding hydrogens is 412 g/mol. The lowest BCUT2D eigenvalue weighted by atomic mass is 10.0. The Bertz CT molecular complexity index is 839. The van der Waals surface area contributed by atoms with E-state index in [1.54, 1.807) is 0 Å². The number of aliphatic carboxylic acids is 2. The average Bonchev–Trinajstić information content (AvgIpc) is 2.96. The fourth-order valence-corrected chi connectivity index (χ4v) is 4.20. The van der Waals surface area contributed by atoms with Gasteiger partial charge in [-0.3, -0.25) is 9.59 Å². The van der Waals surface area contributed by atoms with Gasteiger partial charge >= 0.3 is 11.9 Å². The number of carbonyl (C=O) groups is 2. The van der Waals surface area contributed by atoms with Crippen molar-refractivity contribution in [1.29, 1.82) is 0 Å². The number of carboxylic acids is 2. The standard InChI is InChI=1S/C17H21ClN2S.C4H6O4/c1-11-3-6-16(21-11)12(2)20-17-14-8-10-19-9-7-13(14)4-5-15(17)18;5-3(6)1-2-4(7)8/h3-6,12,19-20H,7-10H2,1-2H3;1-2H2,(H,5,6)(H,7,8)/t12-;/m0./s1. The highest BCUT2D eigenvalue weighted by atomic mass is 35.5. The van der Waals surface area contributed by atoms with Crippen molar-refractivity contribution in [2.24, 2.45) is 0 Å². The zero-order chi connectivity index (χ0) is 21.4. The third kappa shape index (κ3) is 7.34. The van der Waals surface area contributed by atoms with E-state index in [0.29, 0.717) is 0 Å². The minimum absolute atomic E-state index is 0.281. The van der Waals surface area contributed by atoms with Gasteiger partial charge in [0.05, 0.1) is 29.6 Å². The van der Waals surface area contributed by atoms with Gasteiger partial charge in [0, 0.05) is 9.75 Å². The molecule has 0 bridgehead atoms. The van der Waals surface area contributed by atoms with Crippen LogP contribution in [0.4, 0.5) is 5.69 Å². The second-order valence-electron chi connectivity index (χ2n) is 6.91. The van der Waals surface area contributed by atoms with E-state index in [-0.39, 0.29) is 18.9 Å². The van der Waals surface area contributed by atoms with E-state index >= 15 is 0 Å². The predicted molar refractivity (Wildman–Crippen MR) is 117 cm³/mol. The second kappa shape index (κ2) is 11.2. The molecule has 3 rings (SSSR count). The van der Waals surface area contributed by atoms with Crippen LogP contribution in [0.1, 0.15) is 46.7 Å². The average molecular weight is 439 g/mol. The summed E-state index contributed by atoms with van der Waals surface area (Å²) in [6.45, 7) is 6.42. The Morgan fingerprint density at radius 3 is 2.38 bits per heavy atom. The van der Waals surface area contributed by atoms with E-state index in [1.165, 1.54) is 20.9 Å². The zero-order valence-electron chi connectivity index (χ0n) is 16.6. The van der Waals surface area contributed by atoms with Gasteiger partial charge in [-0.15, -0.1) is 11.3 Å². The lowest BCUT2D eigenvalue weighted by Gasteiger charge is -2.20. The minimum atomic E-state index is -1.08. The molecule has 0 spiro atoms. The highest BCUT2D eigenvalue weighted by molar-refractivity contribution is 7.12. The van der Waals surface area contributed by atoms with Crippen LogP contribution in [0.2, 0.25) is 5.02 Å². The van der Waals surface area contributed by atoms with Crippen LogP contribution in [0.3, 0.4) is 0 Å². The minimum Gasteiger partial charge on any atom is -0.481 e. The number of thiophene rings is 1. The normalized spacial score (nSPS) is 14.0. The van der Waals surface area contributed by atoms with Gasteiger partial charge in [-0.2, -0.15) is 0 Å². The Morgan fingerprint density at radius 2 is 1.79 bits per heavy atom. The lowest BCUT2D eigenvalue weighted by Crippen LogP contribution is -2.16. The van der Waals surface area contributed by atoms with E-state index in [4.69, 9.17) is 21.8 Å². The number of fused-ring (bicyclic) bond motifs is 1. The number of aryl methyl sites for hydroxylation is 1. The summed E-state index contributed by atoms with van der Waals surface area (Å²) in [6.07, 6.45) is 1.52. The fraction of sp³-hybridized carbons (Fsp3) is 0.429. The largest absolute Gasteiger partial charge is 0.481 e. The van der Waals surface area contributed by atoms with Gasteiger partial charge in [-0.05, 0) is 69.1 Å². The first-order chi connectivity index (χ1) is 13.8. The first kappa shape index (κ1) is 23.2. The van der Waals surface area contributed by atoms with Crippen LogP contribution < -0.4 is 10.6 Å². The topological polar surface area (TPSA) is 98.7 Å². The molecule has 0 amide bonds. The van der Waals surface area contributed by atoms with Gasteiger partial charge in [0.2, 0.25) is 0 Å². The van der Waals surface area contributed by atoms with E-state index in [2.05, 4.69) is 42.7 Å². The number of nitrogens with one attached hydrogen (secondary N) is 2. The maximum absolute atomic E-state index is 9.64. The molecule has 6 nitrogen and oxygen atoms in total. The summed E-state index contributed by atoms with van der Waals surface area (Å²) < 4.78 is 0. The van der Waals surface area contributed by atoms with Gasteiger partial charge in [-0.1, -0.05) is 17.7 Å². The Kier molecular flexibility index (Phi) is 8.95. The predicted octanol–water partition coefficient (Wildman–Crippen LogP) is 4.51. The Labute approximate surface area is 179 Å². The van der Waals surface area contributed by atoms with Crippen LogP contribution >= 0.6 is 22.9 Å². The summed E-state index contributed by atoms with van der Waals surface area (Å²) in [7, 11) is 0. The number of benzene rings is 1. The van der Waals surface area contributed by atoms with Crippen LogP contribution in [0.15, 0.2) is 24.3 Å². The Morgan fingerprint density at radius 1 is 1.14 bits per heavy atom. The van der Waals surface area contributed by atoms with Gasteiger partial charge in [0.25, 0.3) is 0 Å². The Balaban J connectivity index is 0.000000321. The molecule has 158 valence electrons. The van der Waals surface area contributed by atoms with Crippen molar-refractivity contribution in [3.63, 3.8) is 0 Å². The van der Waals surface area contributed by atoms with E-state index in [0.717, 1.165) is 36.6 Å². The molecule has 29 heavy (non-hydrogen) atoms. The van der Waals surface area contributed by atoms with Gasteiger partial charge in [-0.25, -0.2) is 0 Å². The van der Waals surface area contributed by atoms with Crippen molar-refractivity contribution in [3.05, 3.63) is 50.2 Å². The summed E-state index contributed by atoms with van der Waals surface area (Å²) in [6, 6.07) is 8.86. The van der Waals surface area contributed by atoms with Crippen molar-refractivity contribution in [1.82, 2.24) is 5.32 Å². The molecule has 1 aliphatic heterocycles. The van der Waals surface area contributed by atoms with Crippen LogP contribution in [0.25, 0.3) is 0 Å². The summed E-state index contributed by atoms with van der Waals surface area (Å²) in [5, 5.41) is 23.7. The zero-order valence-corrected chi connectivity index (χ0v) is 18.2. The number of hydrogen-bond donors (Lipinski definition) is 4. The second-order valence-corrected chi connectivity index (χ2v) is 8.64. The number of carboxylic acid groups (broad SMARTS) is 2. The van der Waals surface area contributed by atoms with E-state index < -0.39 is 11.9 Å². The van der Waals surface area contributed by atoms with Crippen LogP contribution in [0, 0.1) is 6.92 Å². The molecule has 0 saturated carbocycles. The van der Waals surface area contributed by atoms with Gasteiger partial charge in [0.15, 0.2) is 0 Å². The van der Waals surface area contributed by atoms with E-state index in [9.17, 15) is 9.59 Å². The molecular formula is C21H27ClN2O4S. The van der Waals surface area contributed by atoms with Gasteiger partial charge in [0.1, 0.15) is 0 Å². The molecule has 2 aromatic rings. The summed E-state index contributed by atoms with van der Waals surface area (Å²) >= 11 is 8.32. The molecule has 0 aliphatic carbocycles. The van der Waals surface area contributed by atoms with Gasteiger partial charge < -0.3 is 20.8 Å². The highest BCUT2D eigenvalue weighted by Crippen LogP contribution is 2.34. The summed E-state index contributed by atoms with van der Waals surface area (Å²) in [5.74, 6) is -2.15. The summed E-state index contributed by atoms with van der Waals surface area (Å²) in [5.41, 5.74) is 3.92. The smallest absolute Gasteiger partial charge is 0.303 e. The van der Waals surface area contributed by atoms with Crippen molar-refractivity contribution in [3.8, 4) is 0 Å². The van der Waals surface area contributed by atoms with Crippen molar-refractivity contribution in [2.45, 2.75) is 45.6 Å². The molecule has 4 N–H and O–H groups in total. The SMILES string of the molecule is Cc1ccc([C@H](C)Nc2c(Cl)ccc3c2CCNCC3)s1.O=C(O)CCC(=O)O. The van der Waals surface area contributed by atoms with Crippen molar-refractivity contribution in [2.75, 3.05) is 18.4 Å². The molecule has 1 atom stereocenters. The van der Waals surface area contributed by atoms with Crippen molar-refractivity contribution >= 4 is 40.6 Å². The van der Waals surface area contributed by atoms with E-state index in [1.807, 2.05) is 17.4 Å². The molecule has 1 aromatic carbocycles. The Hall–Kier alpha value is -2.09. The number of hydrogen-bond acceptors (Lipinski definition) is 5. The van der Waals surface area contributed by atoms with Crippen LogP contribution in [-0.2, 0) is 22.4 Å². The molecule has 0 fully saturated rings. The highest BCUT2D eigenvalue weighted by Gasteiger charge is 2.17. The molecule has 2 heterocycles. The number of anilines is 1. The monoisotopic (exact) mass is 438 g/mol.